The van der Waals surface area contributed by atoms with Crippen molar-refractivity contribution in [1.82, 2.24) is 14.3 Å². The van der Waals surface area contributed by atoms with Crippen molar-refractivity contribution < 1.29 is 14.7 Å². The van der Waals surface area contributed by atoms with Crippen LogP contribution in [0.5, 0.6) is 0 Å². The van der Waals surface area contributed by atoms with Gasteiger partial charge in [-0.25, -0.2) is 0 Å². The Morgan fingerprint density at radius 1 is 1.19 bits per heavy atom. The minimum atomic E-state index is -0.897. The van der Waals surface area contributed by atoms with Gasteiger partial charge in [0.1, 0.15) is 12.2 Å². The fourth-order valence-corrected chi connectivity index (χ4v) is 2.80. The van der Waals surface area contributed by atoms with Crippen LogP contribution in [0.2, 0.25) is 0 Å². The lowest BCUT2D eigenvalue weighted by Crippen LogP contribution is -2.16. The number of fused-ring (bicyclic) bond motifs is 1. The number of benzene rings is 1. The third-order valence-corrected chi connectivity index (χ3v) is 4.22. The summed E-state index contributed by atoms with van der Waals surface area (Å²) in [5.41, 5.74) is 2.65. The number of aryl methyl sites for hydroxylation is 1. The van der Waals surface area contributed by atoms with E-state index in [4.69, 9.17) is 5.11 Å². The number of carbonyl (C=O) groups excluding carboxylic acids is 1. The summed E-state index contributed by atoms with van der Waals surface area (Å²) in [6.07, 6.45) is 1.72. The summed E-state index contributed by atoms with van der Waals surface area (Å²) in [4.78, 5) is 23.5. The van der Waals surface area contributed by atoms with Crippen molar-refractivity contribution in [1.29, 1.82) is 0 Å². The Bertz CT molecular complexity index is 992. The smallest absolute Gasteiger partial charge is 0.323 e. The molecule has 0 atom stereocenters. The maximum Gasteiger partial charge on any atom is 0.323 e. The molecule has 3 rings (SSSR count). The largest absolute Gasteiger partial charge is 0.480 e. The van der Waals surface area contributed by atoms with Crippen LogP contribution in [-0.2, 0) is 23.8 Å². The zero-order valence-corrected chi connectivity index (χ0v) is 15.3. The third-order valence-electron chi connectivity index (χ3n) is 4.22. The summed E-state index contributed by atoms with van der Waals surface area (Å²) >= 11 is 0. The molecule has 26 heavy (non-hydrogen) atoms. The highest BCUT2D eigenvalue weighted by molar-refractivity contribution is 6.04. The molecule has 7 nitrogen and oxygen atoms in total. The molecule has 3 aromatic rings. The van der Waals surface area contributed by atoms with Crippen molar-refractivity contribution in [3.63, 3.8) is 0 Å². The molecule has 0 unspecified atom stereocenters. The van der Waals surface area contributed by atoms with Gasteiger partial charge in [-0.05, 0) is 30.3 Å². The average molecular weight is 354 g/mol. The maximum absolute atomic E-state index is 12.6. The normalized spacial score (nSPS) is 11.7. The minimum absolute atomic E-state index is 0.0974. The second-order valence-corrected chi connectivity index (χ2v) is 7.35. The fraction of sp³-hybridized carbons (Fsp3) is 0.316. The van der Waals surface area contributed by atoms with Gasteiger partial charge in [0.05, 0.1) is 5.69 Å². The van der Waals surface area contributed by atoms with E-state index < -0.39 is 5.97 Å². The summed E-state index contributed by atoms with van der Waals surface area (Å²) in [5, 5.41) is 17.1. The van der Waals surface area contributed by atoms with E-state index in [9.17, 15) is 9.59 Å². The topological polar surface area (TPSA) is 89.2 Å². The van der Waals surface area contributed by atoms with E-state index in [1.54, 1.807) is 40.7 Å². The molecule has 0 saturated carbocycles. The van der Waals surface area contributed by atoms with Crippen molar-refractivity contribution in [2.75, 3.05) is 5.32 Å². The van der Waals surface area contributed by atoms with Gasteiger partial charge in [0, 0.05) is 35.2 Å². The number of aliphatic carboxylic acids is 1. The molecule has 0 fully saturated rings. The molecule has 0 aliphatic heterocycles. The lowest BCUT2D eigenvalue weighted by molar-refractivity contribution is -0.137. The molecule has 0 saturated heterocycles. The zero-order chi connectivity index (χ0) is 19.1. The highest BCUT2D eigenvalue weighted by Gasteiger charge is 2.21. The predicted molar refractivity (Wildman–Crippen MR) is 99.4 cm³/mol. The minimum Gasteiger partial charge on any atom is -0.480 e. The van der Waals surface area contributed by atoms with E-state index >= 15 is 0 Å². The van der Waals surface area contributed by atoms with Crippen molar-refractivity contribution >= 4 is 28.5 Å². The molecule has 2 heterocycles. The second-order valence-electron chi connectivity index (χ2n) is 7.35. The maximum atomic E-state index is 12.6. The molecule has 0 bridgehead atoms. The summed E-state index contributed by atoms with van der Waals surface area (Å²) in [7, 11) is 1.75. The van der Waals surface area contributed by atoms with Crippen LogP contribution in [0.25, 0.3) is 10.9 Å². The molecule has 0 aliphatic carbocycles. The number of nitrogens with one attached hydrogen (secondary N) is 1. The molecule has 1 amide bonds. The standard InChI is InChI=1S/C19H22N4O3/c1-19(2,3)16-10-15(22(4)21-16)18(26)20-13-5-6-14-12(9-13)7-8-23(14)11-17(24)25/h5-10H,11H2,1-4H3,(H,20,26)(H,24,25). The van der Waals surface area contributed by atoms with Crippen LogP contribution in [0.3, 0.4) is 0 Å². The molecule has 1 aromatic carbocycles. The fourth-order valence-electron chi connectivity index (χ4n) is 2.80. The molecule has 0 radical (unpaired) electrons. The number of amides is 1. The Morgan fingerprint density at radius 3 is 2.54 bits per heavy atom. The first kappa shape index (κ1) is 17.7. The number of carboxylic acid groups (broad SMARTS) is 1. The first-order valence-electron chi connectivity index (χ1n) is 8.32. The number of aromatic nitrogens is 3. The van der Waals surface area contributed by atoms with Gasteiger partial charge in [-0.3, -0.25) is 14.3 Å². The van der Waals surface area contributed by atoms with Gasteiger partial charge in [-0.15, -0.1) is 0 Å². The van der Waals surface area contributed by atoms with Crippen LogP contribution in [0.4, 0.5) is 5.69 Å². The predicted octanol–water partition coefficient (Wildman–Crippen LogP) is 3.01. The van der Waals surface area contributed by atoms with E-state index in [0.29, 0.717) is 11.4 Å². The monoisotopic (exact) mass is 354 g/mol. The molecule has 0 spiro atoms. The average Bonchev–Trinajstić information content (AvgIpc) is 3.10. The van der Waals surface area contributed by atoms with E-state index in [0.717, 1.165) is 16.6 Å². The van der Waals surface area contributed by atoms with Gasteiger partial charge in [-0.1, -0.05) is 20.8 Å². The van der Waals surface area contributed by atoms with Crippen molar-refractivity contribution in [3.8, 4) is 0 Å². The van der Waals surface area contributed by atoms with Gasteiger partial charge in [0.15, 0.2) is 0 Å². The van der Waals surface area contributed by atoms with Gasteiger partial charge in [0.25, 0.3) is 5.91 Å². The highest BCUT2D eigenvalue weighted by atomic mass is 16.4. The number of hydrogen-bond donors (Lipinski definition) is 2. The van der Waals surface area contributed by atoms with Gasteiger partial charge >= 0.3 is 5.97 Å². The summed E-state index contributed by atoms with van der Waals surface area (Å²) < 4.78 is 3.23. The lowest BCUT2D eigenvalue weighted by Gasteiger charge is -2.13. The van der Waals surface area contributed by atoms with Gasteiger partial charge in [0.2, 0.25) is 0 Å². The summed E-state index contributed by atoms with van der Waals surface area (Å²) in [6, 6.07) is 9.02. The molecular formula is C19H22N4O3. The highest BCUT2D eigenvalue weighted by Crippen LogP contribution is 2.23. The molecular weight excluding hydrogens is 332 g/mol. The molecule has 136 valence electrons. The molecule has 2 N–H and O–H groups in total. The van der Waals surface area contributed by atoms with E-state index in [1.807, 2.05) is 32.9 Å². The van der Waals surface area contributed by atoms with Crippen molar-refractivity contribution in [2.45, 2.75) is 32.7 Å². The Balaban J connectivity index is 1.84. The second kappa shape index (κ2) is 6.33. The Labute approximate surface area is 151 Å². The van der Waals surface area contributed by atoms with E-state index in [-0.39, 0.29) is 17.9 Å². The lowest BCUT2D eigenvalue weighted by atomic mass is 9.92. The first-order valence-corrected chi connectivity index (χ1v) is 8.32. The van der Waals surface area contributed by atoms with Gasteiger partial charge in [-0.2, -0.15) is 5.10 Å². The number of hydrogen-bond acceptors (Lipinski definition) is 3. The number of nitrogens with zero attached hydrogens (tertiary/aromatic N) is 3. The van der Waals surface area contributed by atoms with Crippen LogP contribution in [0, 0.1) is 0 Å². The van der Waals surface area contributed by atoms with Crippen LogP contribution in [-0.4, -0.2) is 31.3 Å². The van der Waals surface area contributed by atoms with Crippen LogP contribution in [0.15, 0.2) is 36.5 Å². The summed E-state index contributed by atoms with van der Waals surface area (Å²) in [5.74, 6) is -1.13. The molecule has 0 aliphatic rings. The summed E-state index contributed by atoms with van der Waals surface area (Å²) in [6.45, 7) is 6.05. The van der Waals surface area contributed by atoms with Crippen LogP contribution >= 0.6 is 0 Å². The Kier molecular flexibility index (Phi) is 4.31. The van der Waals surface area contributed by atoms with E-state index in [1.165, 1.54) is 0 Å². The van der Waals surface area contributed by atoms with Gasteiger partial charge < -0.3 is 15.0 Å². The number of carbonyl (C=O) groups is 2. The SMILES string of the molecule is Cn1nc(C(C)(C)C)cc1C(=O)Nc1ccc2c(ccn2CC(=O)O)c1. The van der Waals surface area contributed by atoms with Crippen molar-refractivity contribution in [2.24, 2.45) is 7.05 Å². The van der Waals surface area contributed by atoms with Crippen LogP contribution < -0.4 is 5.32 Å². The molecule has 7 heteroatoms. The number of rotatable bonds is 4. The Hall–Kier alpha value is -3.09. The van der Waals surface area contributed by atoms with E-state index in [2.05, 4.69) is 10.4 Å². The number of anilines is 1. The quantitative estimate of drug-likeness (QED) is 0.754. The van der Waals surface area contributed by atoms with Crippen LogP contribution in [0.1, 0.15) is 37.0 Å². The molecule has 2 aromatic heterocycles. The Morgan fingerprint density at radius 2 is 1.92 bits per heavy atom. The third kappa shape index (κ3) is 3.46. The van der Waals surface area contributed by atoms with Crippen molar-refractivity contribution in [3.05, 3.63) is 47.9 Å². The zero-order valence-electron chi connectivity index (χ0n) is 15.3. The first-order chi connectivity index (χ1) is 12.1. The number of carboxylic acids is 1.